The minimum atomic E-state index is 0.454. The Morgan fingerprint density at radius 2 is 0.789 bits per heavy atom. The van der Waals surface area contributed by atoms with Crippen molar-refractivity contribution in [2.75, 3.05) is 72.1 Å². The van der Waals surface area contributed by atoms with Crippen molar-refractivity contribution in [3.05, 3.63) is 0 Å². The minimum Gasteiger partial charge on any atom is -0.316 e. The van der Waals surface area contributed by atoms with Gasteiger partial charge in [-0.2, -0.15) is 5.48 Å². The van der Waals surface area contributed by atoms with E-state index in [4.69, 9.17) is 14.5 Å². The van der Waals surface area contributed by atoms with Crippen molar-refractivity contribution < 1.29 is 14.5 Å². The van der Waals surface area contributed by atoms with Crippen molar-refractivity contribution in [2.45, 2.75) is 363 Å². The van der Waals surface area contributed by atoms with Gasteiger partial charge in [-0.1, -0.05) is 275 Å². The molecule has 1 aliphatic carbocycles. The molecule has 1 saturated carbocycles. The van der Waals surface area contributed by atoms with Crippen molar-refractivity contribution in [3.63, 3.8) is 0 Å². The third-order valence-corrected chi connectivity index (χ3v) is 16.6. The predicted octanol–water partition coefficient (Wildman–Crippen LogP) is 21.9. The van der Waals surface area contributed by atoms with E-state index in [1.807, 2.05) is 125 Å². The Morgan fingerprint density at radius 3 is 0.978 bits per heavy atom. The Labute approximate surface area is 572 Å². The summed E-state index contributed by atoms with van der Waals surface area (Å²) in [5.74, 6) is 10.9. The number of hydrogen-bond acceptors (Lipinski definition) is 11. The molecule has 556 valence electrons. The molecule has 7 N–H and O–H groups in total. The molecule has 0 aromatic heterocycles. The highest BCUT2D eigenvalue weighted by Gasteiger charge is 2.23. The quantitative estimate of drug-likeness (QED) is 0.120. The molecule has 7 atom stereocenters. The van der Waals surface area contributed by atoms with E-state index in [2.05, 4.69) is 167 Å². The summed E-state index contributed by atoms with van der Waals surface area (Å²) < 4.78 is 0. The van der Waals surface area contributed by atoms with E-state index in [0.29, 0.717) is 29.9 Å². The summed E-state index contributed by atoms with van der Waals surface area (Å²) in [5, 5.41) is 13.5. The first-order valence-corrected chi connectivity index (χ1v) is 39.8. The summed E-state index contributed by atoms with van der Waals surface area (Å²) in [5.41, 5.74) is 10.1. The van der Waals surface area contributed by atoms with Crippen molar-refractivity contribution in [1.29, 1.82) is 0 Å². The van der Waals surface area contributed by atoms with Crippen LogP contribution in [0.15, 0.2) is 4.99 Å². The van der Waals surface area contributed by atoms with Crippen LogP contribution in [0.25, 0.3) is 0 Å². The van der Waals surface area contributed by atoms with E-state index in [9.17, 15) is 0 Å². The molecule has 7 unspecified atom stereocenters. The number of hydrogen-bond donors (Lipinski definition) is 7. The van der Waals surface area contributed by atoms with Crippen molar-refractivity contribution >= 4 is 5.71 Å². The zero-order chi connectivity index (χ0) is 71.8. The summed E-state index contributed by atoms with van der Waals surface area (Å²) >= 11 is 0. The molecule has 90 heavy (non-hydrogen) atoms. The molecule has 8 heterocycles. The zero-order valence-electron chi connectivity index (χ0n) is 69.2. The summed E-state index contributed by atoms with van der Waals surface area (Å²) in [4.78, 5) is 19.6. The van der Waals surface area contributed by atoms with E-state index in [-0.39, 0.29) is 0 Å². The highest BCUT2D eigenvalue weighted by Crippen LogP contribution is 2.32. The Morgan fingerprint density at radius 1 is 0.344 bits per heavy atom. The monoisotopic (exact) mass is 1290 g/mol. The highest BCUT2D eigenvalue weighted by atomic mass is 16.7. The zero-order valence-corrected chi connectivity index (χ0v) is 69.2. The molecule has 9 rings (SSSR count). The SMILES string of the molecule is CC.CC.CC.CC.CC.CC.CC.CC.CC.CC(C)C1=NCCCCC1.CC(C)C1CCC1.CC(C)C1CCCN1.CC(C)C1CCN1.CC(C)C1CCNC1.CC(C)C1CCNC1.CC(C)C1CCNO1.CC(C)C1CCON1.CC(C)C1CNOC1. The first kappa shape index (κ1) is 108. The van der Waals surface area contributed by atoms with Gasteiger partial charge in [0.2, 0.25) is 0 Å². The Kier molecular flexibility index (Phi) is 101. The highest BCUT2D eigenvalue weighted by molar-refractivity contribution is 5.86. The molecular formula is C79H182N8O3. The molecule has 0 amide bonds. The number of nitrogens with zero attached hydrogens (tertiary/aromatic N) is 1. The van der Waals surface area contributed by atoms with Gasteiger partial charge in [0.05, 0.1) is 19.3 Å². The van der Waals surface area contributed by atoms with Gasteiger partial charge >= 0.3 is 0 Å². The fraction of sp³-hybridized carbons (Fsp3) is 0.987. The van der Waals surface area contributed by atoms with Crippen LogP contribution in [0.3, 0.4) is 0 Å². The maximum Gasteiger partial charge on any atom is 0.0826 e. The second-order valence-corrected chi connectivity index (χ2v) is 25.7. The Hall–Kier alpha value is -0.730. The summed E-state index contributed by atoms with van der Waals surface area (Å²) in [6.07, 6.45) is 19.5. The summed E-state index contributed by atoms with van der Waals surface area (Å²) in [6, 6.07) is 2.24. The molecule has 0 aromatic carbocycles. The lowest BCUT2D eigenvalue weighted by atomic mass is 9.78. The van der Waals surface area contributed by atoms with Gasteiger partial charge in [0, 0.05) is 49.4 Å². The molecule has 9 aliphatic rings. The number of rotatable bonds is 9. The minimum absolute atomic E-state index is 0.454. The largest absolute Gasteiger partial charge is 0.316 e. The lowest BCUT2D eigenvalue weighted by Crippen LogP contribution is -2.46. The van der Waals surface area contributed by atoms with Crippen LogP contribution in [-0.2, 0) is 14.5 Å². The molecule has 0 aromatic rings. The molecule has 0 radical (unpaired) electrons. The molecule has 8 fully saturated rings. The van der Waals surface area contributed by atoms with E-state index < -0.39 is 0 Å². The lowest BCUT2D eigenvalue weighted by Gasteiger charge is -2.30. The number of nitrogens with one attached hydrogen (secondary N) is 7. The third-order valence-electron chi connectivity index (χ3n) is 16.6. The molecule has 11 heteroatoms. The summed E-state index contributed by atoms with van der Waals surface area (Å²) in [6.45, 7) is 89.0. The Balaban J connectivity index is -0.000000114. The van der Waals surface area contributed by atoms with Crippen LogP contribution in [0, 0.1) is 76.9 Å². The van der Waals surface area contributed by atoms with Crippen LogP contribution >= 0.6 is 0 Å². The van der Waals surface area contributed by atoms with Crippen molar-refractivity contribution in [3.8, 4) is 0 Å². The topological polar surface area (TPSA) is 124 Å². The first-order chi connectivity index (χ1) is 43.2. The standard InChI is InChI=1S/C9H17N.3C7H15N.C7H14.3C6H13NO.C6H13N.9C2H6/c1-8(2)9-6-4-3-5-7-10-9;2*1-6(2)7-3-4-8-5-7;1-6(2)7-4-3-5-8-7;1-6(2)7-4-3-5-7;1-5(2)6-3-7-8-4-6;1-5(2)6-3-4-8-7-6;1-5(2)6-3-4-7-8-6;1-5(2)6-3-4-7-6;9*1-2/h8H,3-7H2,1-2H3;3*6-8H,3-5H2,1-2H3;6-7H,3-5H2,1-2H3;3*5-7H,3-4H2,1-2H3;5-7H,3-4H2,1-2H3;9*1-2H3. The predicted molar refractivity (Wildman–Crippen MR) is 416 cm³/mol. The fourth-order valence-electron chi connectivity index (χ4n) is 9.72. The molecule has 0 spiro atoms. The van der Waals surface area contributed by atoms with Gasteiger partial charge in [-0.25, -0.2) is 11.0 Å². The molecular weight excluding hydrogens is 1110 g/mol. The van der Waals surface area contributed by atoms with Crippen LogP contribution in [0.2, 0.25) is 0 Å². The Bertz CT molecular complexity index is 1050. The average Bonchev–Trinajstić information content (AvgIpc) is 4.56. The van der Waals surface area contributed by atoms with Gasteiger partial charge in [-0.05, 0) is 174 Å². The van der Waals surface area contributed by atoms with E-state index in [1.165, 1.54) is 122 Å². The summed E-state index contributed by atoms with van der Waals surface area (Å²) in [7, 11) is 0. The van der Waals surface area contributed by atoms with E-state index in [1.54, 1.807) is 0 Å². The second-order valence-electron chi connectivity index (χ2n) is 25.7. The lowest BCUT2D eigenvalue weighted by molar-refractivity contribution is 0.00884. The van der Waals surface area contributed by atoms with Gasteiger partial charge in [-0.15, -0.1) is 0 Å². The van der Waals surface area contributed by atoms with E-state index >= 15 is 0 Å². The molecule has 7 saturated heterocycles. The fourth-order valence-corrected chi connectivity index (χ4v) is 9.72. The average molecular weight is 1290 g/mol. The second kappa shape index (κ2) is 84.4. The molecule has 8 aliphatic heterocycles. The first-order valence-electron chi connectivity index (χ1n) is 39.8. The van der Waals surface area contributed by atoms with Crippen LogP contribution in [0.5, 0.6) is 0 Å². The number of hydroxylamine groups is 3. The molecule has 0 bridgehead atoms. The van der Waals surface area contributed by atoms with Gasteiger partial charge < -0.3 is 30.9 Å². The third kappa shape index (κ3) is 67.3. The van der Waals surface area contributed by atoms with Gasteiger partial charge in [0.15, 0.2) is 0 Å². The van der Waals surface area contributed by atoms with Crippen LogP contribution in [0.4, 0.5) is 0 Å². The van der Waals surface area contributed by atoms with E-state index in [0.717, 1.165) is 117 Å². The van der Waals surface area contributed by atoms with Crippen LogP contribution < -0.4 is 37.7 Å². The normalized spacial score (nSPS) is 22.8. The van der Waals surface area contributed by atoms with Crippen LogP contribution in [0.1, 0.15) is 339 Å². The maximum atomic E-state index is 5.16. The maximum absolute atomic E-state index is 5.16. The van der Waals surface area contributed by atoms with Crippen LogP contribution in [-0.4, -0.2) is 102 Å². The van der Waals surface area contributed by atoms with Gasteiger partial charge in [0.25, 0.3) is 0 Å². The van der Waals surface area contributed by atoms with Gasteiger partial charge in [-0.3, -0.25) is 9.83 Å². The van der Waals surface area contributed by atoms with Gasteiger partial charge in [0.1, 0.15) is 0 Å². The molecule has 11 nitrogen and oxygen atoms in total. The van der Waals surface area contributed by atoms with Crippen molar-refractivity contribution in [1.82, 2.24) is 37.7 Å². The number of aliphatic imine (C=N–C) groups is 1. The van der Waals surface area contributed by atoms with Crippen molar-refractivity contribution in [2.24, 2.45) is 81.9 Å². The smallest absolute Gasteiger partial charge is 0.0826 e.